The van der Waals surface area contributed by atoms with Gasteiger partial charge in [-0.05, 0) is 85.7 Å². The molecule has 47 heavy (non-hydrogen) atoms. The number of aliphatic hydroxyl groups excluding tert-OH is 1. The van der Waals surface area contributed by atoms with Crippen LogP contribution < -0.4 is 5.32 Å². The summed E-state index contributed by atoms with van der Waals surface area (Å²) in [7, 11) is 5.47. The van der Waals surface area contributed by atoms with Crippen LogP contribution in [0.4, 0.5) is 10.5 Å². The molecule has 0 aromatic heterocycles. The SMILES string of the molecule is CC[C@H]1OC(=O)[C@H](C)[C@@H](O)[C@H](C)[C@@H](OC2O[C@H](C)C[C@H](N(C)C)[C@@H]2OC(=O)Nc2ccccc2)[C@](C)(OC)C/C(C)=C2\CC[C@]1(C)O2. The summed E-state index contributed by atoms with van der Waals surface area (Å²) in [6.45, 7) is 13.4. The molecule has 11 atom stereocenters. The fourth-order valence-corrected chi connectivity index (χ4v) is 7.37. The number of cyclic esters (lactones) is 1. The molecule has 0 radical (unpaired) electrons. The number of methoxy groups -OCH3 is 1. The molecule has 1 unspecified atom stereocenters. The van der Waals surface area contributed by atoms with Gasteiger partial charge in [0.15, 0.2) is 12.4 Å². The highest BCUT2D eigenvalue weighted by Gasteiger charge is 2.51. The van der Waals surface area contributed by atoms with Gasteiger partial charge in [0.1, 0.15) is 11.7 Å². The van der Waals surface area contributed by atoms with Crippen LogP contribution in [-0.4, -0.2) is 97.3 Å². The summed E-state index contributed by atoms with van der Waals surface area (Å²) in [6, 6.07) is 8.84. The van der Waals surface area contributed by atoms with E-state index in [0.717, 1.165) is 11.3 Å². The van der Waals surface area contributed by atoms with E-state index in [9.17, 15) is 14.7 Å². The van der Waals surface area contributed by atoms with Gasteiger partial charge in [-0.1, -0.05) is 32.0 Å². The number of hydrogen-bond donors (Lipinski definition) is 2. The van der Waals surface area contributed by atoms with Crippen LogP contribution in [0, 0.1) is 11.8 Å². The lowest BCUT2D eigenvalue weighted by Crippen LogP contribution is -2.60. The van der Waals surface area contributed by atoms with Crippen molar-refractivity contribution in [2.24, 2.45) is 11.8 Å². The Morgan fingerprint density at radius 3 is 2.45 bits per heavy atom. The minimum absolute atomic E-state index is 0.221. The molecular formula is C36H56N2O9. The first-order valence-corrected chi connectivity index (χ1v) is 16.9. The van der Waals surface area contributed by atoms with Gasteiger partial charge in [-0.3, -0.25) is 10.1 Å². The number of rotatable bonds is 7. The van der Waals surface area contributed by atoms with Crippen LogP contribution in [0.1, 0.15) is 80.6 Å². The van der Waals surface area contributed by atoms with E-state index in [0.29, 0.717) is 37.8 Å². The number of benzene rings is 1. The average Bonchev–Trinajstić information content (AvgIpc) is 3.45. The Bertz CT molecular complexity index is 1260. The van der Waals surface area contributed by atoms with Crippen LogP contribution >= 0.6 is 0 Å². The first kappa shape index (κ1) is 37.1. The van der Waals surface area contributed by atoms with Gasteiger partial charge in [-0.25, -0.2) is 4.79 Å². The van der Waals surface area contributed by atoms with E-state index in [1.54, 1.807) is 26.2 Å². The number of anilines is 1. The van der Waals surface area contributed by atoms with E-state index in [1.807, 2.05) is 78.7 Å². The van der Waals surface area contributed by atoms with Crippen LogP contribution in [0.5, 0.6) is 0 Å². The fraction of sp³-hybridized carbons (Fsp3) is 0.722. The smallest absolute Gasteiger partial charge is 0.412 e. The highest BCUT2D eigenvalue weighted by molar-refractivity contribution is 5.84. The molecule has 3 aliphatic rings. The number of esters is 1. The van der Waals surface area contributed by atoms with Gasteiger partial charge in [-0.15, -0.1) is 0 Å². The summed E-state index contributed by atoms with van der Waals surface area (Å²) in [4.78, 5) is 28.7. The van der Waals surface area contributed by atoms with Crippen molar-refractivity contribution in [3.05, 3.63) is 41.7 Å². The minimum Gasteiger partial charge on any atom is -0.488 e. The Hall–Kier alpha value is -2.70. The molecule has 1 amide bonds. The second kappa shape index (κ2) is 15.2. The van der Waals surface area contributed by atoms with Crippen LogP contribution in [-0.2, 0) is 33.2 Å². The van der Waals surface area contributed by atoms with Crippen molar-refractivity contribution in [3.63, 3.8) is 0 Å². The number of carbonyl (C=O) groups excluding carboxylic acids is 2. The zero-order valence-electron chi connectivity index (χ0n) is 29.8. The number of nitrogens with zero attached hydrogens (tertiary/aromatic N) is 1. The molecule has 3 heterocycles. The Morgan fingerprint density at radius 1 is 1.15 bits per heavy atom. The number of ether oxygens (including phenoxy) is 6. The number of likely N-dealkylation sites (N-methyl/N-ethyl adjacent to an activating group) is 1. The Labute approximate surface area is 280 Å². The van der Waals surface area contributed by atoms with E-state index in [4.69, 9.17) is 28.4 Å². The number of para-hydroxylation sites is 1. The number of allylic oxidation sites excluding steroid dienone is 1. The molecule has 2 fully saturated rings. The second-order valence-electron chi connectivity index (χ2n) is 14.3. The standard InChI is InChI=1S/C36H56N2O9/c1-11-28-35(6)18-17-27(47-35)21(2)20-36(7,42-10)31(23(4)29(39)24(5)32(40)44-28)46-33-30(26(38(8)9)19-22(3)43-33)45-34(41)37-25-15-13-12-14-16-25/h12-16,22-24,26,28-31,33,39H,11,17-20H2,1-10H3,(H,37,41)/b27-21+/t22-,23+,24-,26+,28-,29+,30+,31-,33?,35+,36-/m1/s1. The van der Waals surface area contributed by atoms with E-state index in [-0.39, 0.29) is 12.1 Å². The lowest BCUT2D eigenvalue weighted by molar-refractivity contribution is -0.298. The normalized spacial score (nSPS) is 40.0. The summed E-state index contributed by atoms with van der Waals surface area (Å²) >= 11 is 0. The van der Waals surface area contributed by atoms with Crippen LogP contribution in [0.2, 0.25) is 0 Å². The summed E-state index contributed by atoms with van der Waals surface area (Å²) in [6.07, 6.45) is -2.11. The number of fused-ring (bicyclic) bond motifs is 2. The third kappa shape index (κ3) is 8.31. The number of aliphatic hydroxyl groups is 1. The van der Waals surface area contributed by atoms with Crippen molar-refractivity contribution < 1.29 is 43.1 Å². The molecule has 0 spiro atoms. The molecule has 0 saturated carbocycles. The van der Waals surface area contributed by atoms with E-state index in [1.165, 1.54) is 0 Å². The number of nitrogens with one attached hydrogen (secondary N) is 1. The molecule has 4 rings (SSSR count). The molecule has 1 aromatic rings. The molecule has 2 bridgehead atoms. The summed E-state index contributed by atoms with van der Waals surface area (Å²) in [5.41, 5.74) is -0.0970. The van der Waals surface area contributed by atoms with Crippen molar-refractivity contribution in [2.45, 2.75) is 135 Å². The Balaban J connectivity index is 1.73. The molecule has 11 nitrogen and oxygen atoms in total. The maximum absolute atomic E-state index is 13.5. The third-order valence-corrected chi connectivity index (χ3v) is 10.4. The molecular weight excluding hydrogens is 604 g/mol. The van der Waals surface area contributed by atoms with Gasteiger partial charge < -0.3 is 38.4 Å². The van der Waals surface area contributed by atoms with Crippen molar-refractivity contribution >= 4 is 17.7 Å². The predicted octanol–water partition coefficient (Wildman–Crippen LogP) is 5.66. The number of carbonyl (C=O) groups is 2. The zero-order chi connectivity index (χ0) is 34.7. The largest absolute Gasteiger partial charge is 0.488 e. The van der Waals surface area contributed by atoms with Crippen LogP contribution in [0.3, 0.4) is 0 Å². The van der Waals surface area contributed by atoms with Gasteiger partial charge in [0.05, 0.1) is 41.6 Å². The van der Waals surface area contributed by atoms with E-state index in [2.05, 4.69) is 5.32 Å². The highest BCUT2D eigenvalue weighted by atomic mass is 16.7. The molecule has 1 aromatic carbocycles. The van der Waals surface area contributed by atoms with Crippen molar-refractivity contribution in [2.75, 3.05) is 26.5 Å². The first-order valence-electron chi connectivity index (χ1n) is 16.9. The van der Waals surface area contributed by atoms with Crippen molar-refractivity contribution in [1.82, 2.24) is 4.90 Å². The van der Waals surface area contributed by atoms with E-state index < -0.39 is 65.8 Å². The highest BCUT2D eigenvalue weighted by Crippen LogP contribution is 2.43. The lowest BCUT2D eigenvalue weighted by atomic mass is 9.78. The maximum atomic E-state index is 13.5. The number of amides is 1. The van der Waals surface area contributed by atoms with Gasteiger partial charge >= 0.3 is 12.1 Å². The molecule has 2 saturated heterocycles. The Morgan fingerprint density at radius 2 is 1.83 bits per heavy atom. The Kier molecular flexibility index (Phi) is 12.0. The molecule has 11 heteroatoms. The summed E-state index contributed by atoms with van der Waals surface area (Å²) < 4.78 is 38.2. The van der Waals surface area contributed by atoms with Gasteiger partial charge in [0.25, 0.3) is 0 Å². The summed E-state index contributed by atoms with van der Waals surface area (Å²) in [5, 5.41) is 14.6. The van der Waals surface area contributed by atoms with Crippen LogP contribution in [0.15, 0.2) is 41.7 Å². The fourth-order valence-electron chi connectivity index (χ4n) is 7.37. The van der Waals surface area contributed by atoms with Gasteiger partial charge in [0.2, 0.25) is 0 Å². The molecule has 3 aliphatic heterocycles. The third-order valence-electron chi connectivity index (χ3n) is 10.4. The molecule has 264 valence electrons. The van der Waals surface area contributed by atoms with Crippen LogP contribution in [0.25, 0.3) is 0 Å². The van der Waals surface area contributed by atoms with Gasteiger partial charge in [0, 0.05) is 31.6 Å². The second-order valence-corrected chi connectivity index (χ2v) is 14.3. The quantitative estimate of drug-likeness (QED) is 0.354. The average molecular weight is 661 g/mol. The monoisotopic (exact) mass is 660 g/mol. The topological polar surface area (TPSA) is 125 Å². The lowest BCUT2D eigenvalue weighted by Gasteiger charge is -2.48. The van der Waals surface area contributed by atoms with Crippen molar-refractivity contribution in [3.8, 4) is 0 Å². The van der Waals surface area contributed by atoms with Crippen molar-refractivity contribution in [1.29, 1.82) is 0 Å². The minimum atomic E-state index is -1.15. The predicted molar refractivity (Wildman–Crippen MR) is 178 cm³/mol. The number of hydrogen-bond acceptors (Lipinski definition) is 10. The first-order chi connectivity index (χ1) is 22.1. The molecule has 2 N–H and O–H groups in total. The maximum Gasteiger partial charge on any atom is 0.412 e. The summed E-state index contributed by atoms with van der Waals surface area (Å²) in [5.74, 6) is -1.15. The zero-order valence-corrected chi connectivity index (χ0v) is 29.8. The van der Waals surface area contributed by atoms with Gasteiger partial charge in [-0.2, -0.15) is 0 Å². The molecule has 0 aliphatic carbocycles. The van der Waals surface area contributed by atoms with E-state index >= 15 is 0 Å².